The zero-order chi connectivity index (χ0) is 15.6. The molecule has 0 aliphatic carbocycles. The van der Waals surface area contributed by atoms with E-state index in [-0.39, 0.29) is 0 Å². The van der Waals surface area contributed by atoms with Gasteiger partial charge in [0.25, 0.3) is 0 Å². The normalized spacial score (nSPS) is 12.7. The van der Waals surface area contributed by atoms with E-state index in [2.05, 4.69) is 25.1 Å². The van der Waals surface area contributed by atoms with Crippen LogP contribution in [0.3, 0.4) is 0 Å². The Balaban J connectivity index is 3.02. The van der Waals surface area contributed by atoms with Crippen molar-refractivity contribution in [1.82, 2.24) is 0 Å². The summed E-state index contributed by atoms with van der Waals surface area (Å²) in [6.07, 6.45) is 7.15. The summed E-state index contributed by atoms with van der Waals surface area (Å²) < 4.78 is 35.9. The largest absolute Gasteiger partial charge is 0.251 e. The highest BCUT2D eigenvalue weighted by Gasteiger charge is 2.05. The van der Waals surface area contributed by atoms with Gasteiger partial charge in [0.1, 0.15) is 6.17 Å². The van der Waals surface area contributed by atoms with Crippen molar-refractivity contribution in [3.63, 3.8) is 0 Å². The summed E-state index contributed by atoms with van der Waals surface area (Å²) in [6.45, 7) is -0.133. The molecule has 0 aromatic heterocycles. The minimum atomic E-state index is -0.855. The molecule has 0 saturated heterocycles. The Morgan fingerprint density at radius 3 is 2.00 bits per heavy atom. The Bertz CT molecular complexity index is 201. The predicted molar refractivity (Wildman–Crippen MR) is 68.4 cm³/mol. The molecule has 0 aromatic carbocycles. The topological polar surface area (TPSA) is 46.2 Å². The molecule has 0 fully saturated rings. The van der Waals surface area contributed by atoms with Gasteiger partial charge in [-0.2, -0.15) is 0 Å². The van der Waals surface area contributed by atoms with E-state index in [1.54, 1.807) is 0 Å². The van der Waals surface area contributed by atoms with E-state index < -0.39 is 12.8 Å². The van der Waals surface area contributed by atoms with Crippen molar-refractivity contribution >= 4 is 0 Å². The summed E-state index contributed by atoms with van der Waals surface area (Å²) in [5, 5.41) is 13.5. The molecule has 1 atom stereocenters. The second-order valence-electron chi connectivity index (χ2n) is 4.78. The van der Waals surface area contributed by atoms with Gasteiger partial charge in [-0.25, -0.2) is 9.28 Å². The molecule has 0 saturated carbocycles. The van der Waals surface area contributed by atoms with Gasteiger partial charge in [-0.05, 0) is 40.3 Å². The molecular weight excluding hydrogens is 293 g/mol. The van der Waals surface area contributed by atoms with Crippen LogP contribution < -0.4 is 0 Å². The van der Waals surface area contributed by atoms with E-state index in [9.17, 15) is 13.3 Å². The van der Waals surface area contributed by atoms with E-state index in [4.69, 9.17) is 0 Å². The van der Waals surface area contributed by atoms with Crippen LogP contribution in [-0.2, 0) is 25.1 Å². The van der Waals surface area contributed by atoms with Crippen LogP contribution in [0.5, 0.6) is 0 Å². The number of hydrogen-bond donors (Lipinski definition) is 0. The minimum Gasteiger partial charge on any atom is -0.251 e. The second-order valence-corrected chi connectivity index (χ2v) is 4.78. The molecule has 8 heteroatoms. The van der Waals surface area contributed by atoms with Gasteiger partial charge in [0.05, 0.1) is 13.3 Å². The molecule has 0 aliphatic rings. The maximum absolute atomic E-state index is 13.2. The Kier molecular flexibility index (Phi) is 17.3. The van der Waals surface area contributed by atoms with Crippen molar-refractivity contribution in [1.29, 1.82) is 0 Å². The fourth-order valence-electron chi connectivity index (χ4n) is 1.93. The maximum Gasteiger partial charge on any atom is 0.100 e. The molecule has 0 bridgehead atoms. The average Bonchev–Trinajstić information content (AvgIpc) is 2.49. The molecule has 0 heterocycles. The first-order valence-corrected chi connectivity index (χ1v) is 7.41. The molecule has 0 rings (SSSR count). The summed E-state index contributed by atoms with van der Waals surface area (Å²) in [7, 11) is 0. The summed E-state index contributed by atoms with van der Waals surface area (Å²) in [5.41, 5.74) is 0. The van der Waals surface area contributed by atoms with Crippen molar-refractivity contribution in [2.45, 2.75) is 70.4 Å². The first-order valence-electron chi connectivity index (χ1n) is 7.41. The number of rotatable bonds is 17. The number of unbranched alkanes of at least 4 members (excludes halogenated alkanes) is 6. The quantitative estimate of drug-likeness (QED) is 0.218. The third-order valence-electron chi connectivity index (χ3n) is 3.03. The number of hydrogen-bond acceptors (Lipinski definition) is 5. The Morgan fingerprint density at radius 2 is 1.33 bits per heavy atom. The van der Waals surface area contributed by atoms with Crippen LogP contribution in [0.4, 0.5) is 13.3 Å². The maximum atomic E-state index is 13.2. The zero-order valence-electron chi connectivity index (χ0n) is 12.2. The summed E-state index contributed by atoms with van der Waals surface area (Å²) in [5.74, 6) is 0. The highest BCUT2D eigenvalue weighted by Crippen LogP contribution is 2.14. The van der Waals surface area contributed by atoms with Crippen LogP contribution in [0.2, 0.25) is 0 Å². The van der Waals surface area contributed by atoms with Crippen LogP contribution in [0.25, 0.3) is 0 Å². The van der Waals surface area contributed by atoms with E-state index in [1.165, 1.54) is 0 Å². The molecular formula is C13H25F3O5. The van der Waals surface area contributed by atoms with Gasteiger partial charge < -0.3 is 0 Å². The highest BCUT2D eigenvalue weighted by atomic mass is 19.3. The highest BCUT2D eigenvalue weighted by molar-refractivity contribution is 4.57. The fourth-order valence-corrected chi connectivity index (χ4v) is 1.93. The third kappa shape index (κ3) is 17.5. The molecule has 0 aromatic rings. The molecule has 5 nitrogen and oxygen atoms in total. The lowest BCUT2D eigenvalue weighted by molar-refractivity contribution is -0.737. The van der Waals surface area contributed by atoms with Gasteiger partial charge >= 0.3 is 0 Å². The van der Waals surface area contributed by atoms with Crippen LogP contribution >= 0.6 is 0 Å². The molecule has 0 aliphatic heterocycles. The molecule has 0 spiro atoms. The van der Waals surface area contributed by atoms with Crippen LogP contribution in [0, 0.1) is 0 Å². The van der Waals surface area contributed by atoms with Gasteiger partial charge in [0.15, 0.2) is 0 Å². The Hall–Kier alpha value is -0.410. The first-order chi connectivity index (χ1) is 10.3. The summed E-state index contributed by atoms with van der Waals surface area (Å²) in [6, 6.07) is 0. The minimum absolute atomic E-state index is 0.299. The van der Waals surface area contributed by atoms with E-state index in [0.717, 1.165) is 44.9 Å². The van der Waals surface area contributed by atoms with Crippen molar-refractivity contribution in [2.24, 2.45) is 0 Å². The first kappa shape index (κ1) is 20.6. The van der Waals surface area contributed by atoms with Crippen molar-refractivity contribution < 1.29 is 38.4 Å². The second kappa shape index (κ2) is 17.6. The van der Waals surface area contributed by atoms with Gasteiger partial charge in [-0.3, -0.25) is 4.39 Å². The van der Waals surface area contributed by atoms with E-state index in [0.29, 0.717) is 25.9 Å². The summed E-state index contributed by atoms with van der Waals surface area (Å²) >= 11 is 0. The lowest BCUT2D eigenvalue weighted by atomic mass is 10.0. The van der Waals surface area contributed by atoms with Crippen molar-refractivity contribution in [3.8, 4) is 0 Å². The van der Waals surface area contributed by atoms with E-state index in [1.807, 2.05) is 0 Å². The number of halogens is 3. The Labute approximate surface area is 123 Å². The lowest BCUT2D eigenvalue weighted by Gasteiger charge is -2.06. The monoisotopic (exact) mass is 318 g/mol. The predicted octanol–water partition coefficient (Wildman–Crippen LogP) is 4.82. The summed E-state index contributed by atoms with van der Waals surface area (Å²) in [4.78, 5) is 4.48. The van der Waals surface area contributed by atoms with Gasteiger partial charge in [-0.1, -0.05) is 38.5 Å². The van der Waals surface area contributed by atoms with Crippen molar-refractivity contribution in [3.05, 3.63) is 0 Å². The van der Waals surface area contributed by atoms with Gasteiger partial charge in [-0.15, -0.1) is 0 Å². The molecule has 128 valence electrons. The van der Waals surface area contributed by atoms with E-state index >= 15 is 0 Å². The molecule has 0 radical (unpaired) electrons. The van der Waals surface area contributed by atoms with Crippen molar-refractivity contribution in [2.75, 3.05) is 13.3 Å². The average molecular weight is 318 g/mol. The standard InChI is InChI=1S/C13H25F3O5/c14-11-8-10-13(15)9-6-4-2-1-3-5-7-12-17-19-21-20-18-16/h13H,1-12H2. The smallest absolute Gasteiger partial charge is 0.100 e. The fraction of sp³-hybridized carbons (Fsp3) is 1.00. The zero-order valence-corrected chi connectivity index (χ0v) is 12.2. The third-order valence-corrected chi connectivity index (χ3v) is 3.03. The number of alkyl halides is 2. The van der Waals surface area contributed by atoms with Crippen LogP contribution in [-0.4, -0.2) is 19.5 Å². The Morgan fingerprint density at radius 1 is 0.714 bits per heavy atom. The van der Waals surface area contributed by atoms with Crippen LogP contribution in [0.15, 0.2) is 0 Å². The van der Waals surface area contributed by atoms with Crippen LogP contribution in [0.1, 0.15) is 64.2 Å². The van der Waals surface area contributed by atoms with Gasteiger partial charge in [0, 0.05) is 10.1 Å². The van der Waals surface area contributed by atoms with Gasteiger partial charge in [0.2, 0.25) is 0 Å². The lowest BCUT2D eigenvalue weighted by Crippen LogP contribution is -2.00. The molecule has 0 N–H and O–H groups in total. The molecule has 21 heavy (non-hydrogen) atoms. The molecule has 0 amide bonds. The molecule has 1 unspecified atom stereocenters. The SMILES string of the molecule is FCCCC(F)CCCCCCCCCOOOOOF.